The highest BCUT2D eigenvalue weighted by Gasteiger charge is 2.49. The van der Waals surface area contributed by atoms with Crippen LogP contribution >= 0.6 is 0 Å². The average Bonchev–Trinajstić information content (AvgIpc) is 3.21. The summed E-state index contributed by atoms with van der Waals surface area (Å²) in [5.74, 6) is 0.800. The lowest BCUT2D eigenvalue weighted by molar-refractivity contribution is -0.146. The summed E-state index contributed by atoms with van der Waals surface area (Å²) in [6, 6.07) is 8.53. The first-order valence-corrected chi connectivity index (χ1v) is 11.6. The van der Waals surface area contributed by atoms with Crippen molar-refractivity contribution in [3.05, 3.63) is 52.8 Å². The second kappa shape index (κ2) is 8.32. The molecule has 0 bridgehead atoms. The number of rotatable bonds is 4. The number of hydrogen-bond acceptors (Lipinski definition) is 4. The summed E-state index contributed by atoms with van der Waals surface area (Å²) >= 11 is 0. The van der Waals surface area contributed by atoms with E-state index in [4.69, 9.17) is 4.74 Å². The second-order valence-corrected chi connectivity index (χ2v) is 10.3. The van der Waals surface area contributed by atoms with Gasteiger partial charge >= 0.3 is 6.18 Å². The number of fused-ring (bicyclic) bond motifs is 2. The van der Waals surface area contributed by atoms with Crippen LogP contribution in [0.3, 0.4) is 0 Å². The predicted molar refractivity (Wildman–Crippen MR) is 121 cm³/mol. The van der Waals surface area contributed by atoms with Gasteiger partial charge in [-0.2, -0.15) is 13.2 Å². The summed E-state index contributed by atoms with van der Waals surface area (Å²) in [7, 11) is 0. The average molecular weight is 466 g/mol. The lowest BCUT2D eigenvalue weighted by Crippen LogP contribution is -2.60. The van der Waals surface area contributed by atoms with Crippen LogP contribution in [0.2, 0.25) is 0 Å². The van der Waals surface area contributed by atoms with Crippen LogP contribution in [-0.4, -0.2) is 40.3 Å². The van der Waals surface area contributed by atoms with Crippen LogP contribution in [-0.2, 0) is 17.3 Å². The molecule has 2 aliphatic rings. The fraction of sp³-hybridized carbons (Fsp3) is 0.600. The number of nitrogens with one attached hydrogen (secondary N) is 1. The molecule has 5 nitrogen and oxygen atoms in total. The number of alkyl halides is 3. The molecule has 0 saturated carbocycles. The van der Waals surface area contributed by atoms with Crippen LogP contribution in [0.4, 0.5) is 13.2 Å². The molecule has 3 heterocycles. The first-order valence-electron chi connectivity index (χ1n) is 11.6. The first kappa shape index (κ1) is 24.1. The van der Waals surface area contributed by atoms with Crippen LogP contribution in [0, 0.1) is 6.92 Å². The molecule has 2 aromatic rings. The Bertz CT molecular complexity index is 1000. The number of nitrogens with zero attached hydrogens (tertiary/aromatic N) is 2. The number of aliphatic hydroxyl groups is 1. The van der Waals surface area contributed by atoms with E-state index in [1.807, 2.05) is 57.7 Å². The van der Waals surface area contributed by atoms with Crippen molar-refractivity contribution in [3.8, 4) is 5.75 Å². The lowest BCUT2D eigenvalue weighted by Gasteiger charge is -2.51. The number of piperidine rings is 1. The Balaban J connectivity index is 1.53. The van der Waals surface area contributed by atoms with Crippen LogP contribution in [0.15, 0.2) is 30.3 Å². The van der Waals surface area contributed by atoms with E-state index in [1.165, 1.54) is 10.6 Å². The van der Waals surface area contributed by atoms with Gasteiger partial charge in [-0.1, -0.05) is 6.07 Å². The molecule has 8 heteroatoms. The van der Waals surface area contributed by atoms with Crippen LogP contribution in [0.1, 0.15) is 69.3 Å². The van der Waals surface area contributed by atoms with E-state index in [2.05, 4.69) is 5.32 Å². The van der Waals surface area contributed by atoms with Crippen molar-refractivity contribution in [1.29, 1.82) is 0 Å². The summed E-state index contributed by atoms with van der Waals surface area (Å²) < 4.78 is 48.4. The molecule has 0 amide bonds. The first-order chi connectivity index (χ1) is 15.3. The molecule has 33 heavy (non-hydrogen) atoms. The minimum atomic E-state index is -4.39. The Kier molecular flexibility index (Phi) is 6.08. The van der Waals surface area contributed by atoms with Crippen molar-refractivity contribution in [1.82, 2.24) is 14.8 Å². The van der Waals surface area contributed by atoms with Gasteiger partial charge in [0.05, 0.1) is 17.2 Å². The smallest absolute Gasteiger partial charge is 0.431 e. The van der Waals surface area contributed by atoms with Gasteiger partial charge in [-0.25, -0.2) is 0 Å². The monoisotopic (exact) mass is 465 g/mol. The van der Waals surface area contributed by atoms with Crippen molar-refractivity contribution in [2.24, 2.45) is 0 Å². The highest BCUT2D eigenvalue weighted by Crippen LogP contribution is 2.44. The van der Waals surface area contributed by atoms with Gasteiger partial charge < -0.3 is 19.7 Å². The number of aliphatic hydroxyl groups excluding tert-OH is 1. The van der Waals surface area contributed by atoms with Crippen molar-refractivity contribution in [2.45, 2.75) is 77.0 Å². The maximum absolute atomic E-state index is 13.7. The Morgan fingerprint density at radius 3 is 2.33 bits per heavy atom. The molecule has 1 atom stereocenters. The van der Waals surface area contributed by atoms with E-state index in [-0.39, 0.29) is 6.10 Å². The molecule has 1 saturated heterocycles. The third kappa shape index (κ3) is 4.40. The van der Waals surface area contributed by atoms with Gasteiger partial charge in [-0.15, -0.1) is 0 Å². The van der Waals surface area contributed by atoms with Gasteiger partial charge in [-0.3, -0.25) is 4.90 Å². The standard InChI is InChI=1S/C25H34F3N3O2/c1-16(2)33-19-7-6-18(14-17(19)3)22(32)30-12-10-24(11-13-30)20-8-9-21(25(26,27)28)31(20)23(4,5)15-29-24/h6-9,14,16,22,29,32H,10-13,15H2,1-5H3. The number of halogens is 3. The Hall–Kier alpha value is -2.03. The van der Waals surface area contributed by atoms with E-state index in [9.17, 15) is 18.3 Å². The summed E-state index contributed by atoms with van der Waals surface area (Å²) in [5.41, 5.74) is 0.641. The molecule has 4 rings (SSSR count). The van der Waals surface area contributed by atoms with E-state index in [0.717, 1.165) is 16.9 Å². The minimum Gasteiger partial charge on any atom is -0.491 e. The van der Waals surface area contributed by atoms with Gasteiger partial charge in [0.25, 0.3) is 0 Å². The Morgan fingerprint density at radius 2 is 1.76 bits per heavy atom. The zero-order valence-corrected chi connectivity index (χ0v) is 20.0. The molecule has 0 aliphatic carbocycles. The Morgan fingerprint density at radius 1 is 1.09 bits per heavy atom. The fourth-order valence-electron chi connectivity index (χ4n) is 5.25. The number of aromatic nitrogens is 1. The summed E-state index contributed by atoms with van der Waals surface area (Å²) in [6.45, 7) is 11.2. The third-order valence-electron chi connectivity index (χ3n) is 6.98. The molecule has 2 N–H and O–H groups in total. The molecule has 1 unspecified atom stereocenters. The van der Waals surface area contributed by atoms with Gasteiger partial charge in [-0.05, 0) is 82.9 Å². The van der Waals surface area contributed by atoms with Gasteiger partial charge in [0, 0.05) is 25.3 Å². The largest absolute Gasteiger partial charge is 0.491 e. The molecule has 1 spiro atoms. The minimum absolute atomic E-state index is 0.0718. The normalized spacial score (nSPS) is 21.3. The summed E-state index contributed by atoms with van der Waals surface area (Å²) in [6.07, 6.45) is -3.85. The van der Waals surface area contributed by atoms with E-state index in [0.29, 0.717) is 38.2 Å². The van der Waals surface area contributed by atoms with Crippen LogP contribution in [0.5, 0.6) is 5.75 Å². The quantitative estimate of drug-likeness (QED) is 0.673. The number of hydrogen-bond donors (Lipinski definition) is 2. The van der Waals surface area contributed by atoms with Crippen molar-refractivity contribution >= 4 is 0 Å². The van der Waals surface area contributed by atoms with Crippen molar-refractivity contribution < 1.29 is 23.0 Å². The highest BCUT2D eigenvalue weighted by molar-refractivity contribution is 5.37. The van der Waals surface area contributed by atoms with Gasteiger partial charge in [0.2, 0.25) is 0 Å². The topological polar surface area (TPSA) is 49.7 Å². The zero-order valence-electron chi connectivity index (χ0n) is 20.0. The van der Waals surface area contributed by atoms with Crippen LogP contribution < -0.4 is 10.1 Å². The molecule has 2 aliphatic heterocycles. The lowest BCUT2D eigenvalue weighted by atomic mass is 9.80. The Labute approximate surface area is 193 Å². The van der Waals surface area contributed by atoms with E-state index < -0.39 is 29.2 Å². The molecule has 1 aromatic heterocycles. The van der Waals surface area contributed by atoms with Gasteiger partial charge in [0.15, 0.2) is 0 Å². The van der Waals surface area contributed by atoms with E-state index >= 15 is 0 Å². The maximum atomic E-state index is 13.7. The fourth-order valence-corrected chi connectivity index (χ4v) is 5.25. The number of benzene rings is 1. The highest BCUT2D eigenvalue weighted by atomic mass is 19.4. The molecule has 1 fully saturated rings. The summed E-state index contributed by atoms with van der Waals surface area (Å²) in [4.78, 5) is 1.99. The SMILES string of the molecule is Cc1cc(C(O)N2CCC3(CC2)NCC(C)(C)n2c(C(F)(F)F)ccc23)ccc1OC(C)C. The predicted octanol–water partition coefficient (Wildman–Crippen LogP) is 4.92. The third-order valence-corrected chi connectivity index (χ3v) is 6.98. The molecule has 1 aromatic carbocycles. The maximum Gasteiger partial charge on any atom is 0.431 e. The summed E-state index contributed by atoms with van der Waals surface area (Å²) in [5, 5.41) is 14.6. The van der Waals surface area contributed by atoms with Crippen molar-refractivity contribution in [3.63, 3.8) is 0 Å². The number of likely N-dealkylation sites (tertiary alicyclic amines) is 1. The van der Waals surface area contributed by atoms with Crippen molar-refractivity contribution in [2.75, 3.05) is 19.6 Å². The molecule has 0 radical (unpaired) electrons. The number of ether oxygens (including phenoxy) is 1. The van der Waals surface area contributed by atoms with E-state index in [1.54, 1.807) is 6.07 Å². The number of aryl methyl sites for hydroxylation is 1. The zero-order chi connectivity index (χ0) is 24.2. The molecular formula is C25H34F3N3O2. The molecule has 182 valence electrons. The molecular weight excluding hydrogens is 431 g/mol. The van der Waals surface area contributed by atoms with Gasteiger partial charge in [0.1, 0.15) is 17.7 Å². The second-order valence-electron chi connectivity index (χ2n) is 10.3. The van der Waals surface area contributed by atoms with Crippen LogP contribution in [0.25, 0.3) is 0 Å².